The second-order valence-electron chi connectivity index (χ2n) is 8.82. The Bertz CT molecular complexity index is 1460. The fourth-order valence-corrected chi connectivity index (χ4v) is 4.44. The predicted octanol–water partition coefficient (Wildman–Crippen LogP) is 4.92. The largest absolute Gasteiger partial charge is 0.340 e. The molecule has 0 saturated heterocycles. The van der Waals surface area contributed by atoms with Gasteiger partial charge in [-0.15, -0.1) is 0 Å². The fraction of sp³-hybridized carbons (Fsp3) is 0.179. The van der Waals surface area contributed by atoms with Gasteiger partial charge in [-0.05, 0) is 55.7 Å². The van der Waals surface area contributed by atoms with Crippen LogP contribution >= 0.6 is 0 Å². The summed E-state index contributed by atoms with van der Waals surface area (Å²) in [5.74, 6) is 0.870. The van der Waals surface area contributed by atoms with Gasteiger partial charge in [0.25, 0.3) is 5.91 Å². The first-order valence-electron chi connectivity index (χ1n) is 11.8. The average molecular weight is 461 g/mol. The van der Waals surface area contributed by atoms with Gasteiger partial charge >= 0.3 is 0 Å². The molecule has 4 heterocycles. The standard InChI is InChI=1S/C28H24N6O/c1-18-25-21(28(35)32-26(20-9-3-2-4-10-20)22-11-5-7-15-29-22)17-23(19-13-14-19)31-27(25)34(33-18)24-12-6-8-16-30-24/h2-12,15-17,19,26H,13-14H2,1H3,(H,32,35). The molecule has 1 amide bonds. The van der Waals surface area contributed by atoms with E-state index in [9.17, 15) is 4.79 Å². The lowest BCUT2D eigenvalue weighted by molar-refractivity contribution is 0.0943. The van der Waals surface area contributed by atoms with E-state index in [1.807, 2.05) is 79.7 Å². The van der Waals surface area contributed by atoms with E-state index in [2.05, 4.69) is 15.3 Å². The van der Waals surface area contributed by atoms with Crippen LogP contribution < -0.4 is 5.32 Å². The summed E-state index contributed by atoms with van der Waals surface area (Å²) in [6.07, 6.45) is 5.63. The topological polar surface area (TPSA) is 85.6 Å². The SMILES string of the molecule is Cc1nn(-c2ccccn2)c2nc(C3CC3)cc(C(=O)NC(c3ccccc3)c3ccccn3)c12. The molecule has 6 rings (SSSR count). The first kappa shape index (κ1) is 21.2. The lowest BCUT2D eigenvalue weighted by Gasteiger charge is -2.19. The summed E-state index contributed by atoms with van der Waals surface area (Å²) in [5.41, 5.74) is 4.64. The smallest absolute Gasteiger partial charge is 0.252 e. The van der Waals surface area contributed by atoms with Gasteiger partial charge in [-0.1, -0.05) is 42.5 Å². The van der Waals surface area contributed by atoms with E-state index in [0.717, 1.165) is 40.9 Å². The summed E-state index contributed by atoms with van der Waals surface area (Å²) in [4.78, 5) is 27.8. The molecule has 0 aliphatic heterocycles. The molecule has 1 aliphatic carbocycles. The number of pyridine rings is 3. The molecule has 0 spiro atoms. The number of fused-ring (bicyclic) bond motifs is 1. The van der Waals surface area contributed by atoms with Gasteiger partial charge in [-0.3, -0.25) is 9.78 Å². The number of rotatable bonds is 6. The molecule has 5 aromatic rings. The zero-order valence-corrected chi connectivity index (χ0v) is 19.3. The van der Waals surface area contributed by atoms with Crippen LogP contribution in [0, 0.1) is 6.92 Å². The highest BCUT2D eigenvalue weighted by molar-refractivity contribution is 6.07. The molecule has 1 unspecified atom stereocenters. The molecule has 0 radical (unpaired) electrons. The number of aryl methyl sites for hydroxylation is 1. The summed E-state index contributed by atoms with van der Waals surface area (Å²) >= 11 is 0. The van der Waals surface area contributed by atoms with Crippen molar-refractivity contribution in [3.63, 3.8) is 0 Å². The normalized spacial score (nSPS) is 14.1. The monoisotopic (exact) mass is 460 g/mol. The van der Waals surface area contributed by atoms with Crippen molar-refractivity contribution in [1.82, 2.24) is 30.0 Å². The van der Waals surface area contributed by atoms with Crippen molar-refractivity contribution in [2.24, 2.45) is 0 Å². The van der Waals surface area contributed by atoms with Crippen LogP contribution in [0.4, 0.5) is 0 Å². The zero-order chi connectivity index (χ0) is 23.8. The molecule has 1 N–H and O–H groups in total. The molecule has 35 heavy (non-hydrogen) atoms. The van der Waals surface area contributed by atoms with Crippen LogP contribution in [0.5, 0.6) is 0 Å². The fourth-order valence-electron chi connectivity index (χ4n) is 4.44. The van der Waals surface area contributed by atoms with Crippen molar-refractivity contribution >= 4 is 16.9 Å². The third kappa shape index (κ3) is 4.05. The van der Waals surface area contributed by atoms with Crippen LogP contribution in [-0.4, -0.2) is 30.6 Å². The molecule has 172 valence electrons. The Morgan fingerprint density at radius 2 is 1.71 bits per heavy atom. The predicted molar refractivity (Wildman–Crippen MR) is 133 cm³/mol. The molecule has 1 aliphatic rings. The van der Waals surface area contributed by atoms with E-state index in [1.165, 1.54) is 0 Å². The van der Waals surface area contributed by atoms with Gasteiger partial charge in [0.15, 0.2) is 11.5 Å². The average Bonchev–Trinajstić information content (AvgIpc) is 3.71. The van der Waals surface area contributed by atoms with Crippen molar-refractivity contribution in [1.29, 1.82) is 0 Å². The highest BCUT2D eigenvalue weighted by Crippen LogP contribution is 2.40. The number of amides is 1. The minimum absolute atomic E-state index is 0.178. The second kappa shape index (κ2) is 8.76. The summed E-state index contributed by atoms with van der Waals surface area (Å²) in [7, 11) is 0. The molecule has 1 fully saturated rings. The number of hydrogen-bond acceptors (Lipinski definition) is 5. The van der Waals surface area contributed by atoms with Gasteiger partial charge < -0.3 is 5.32 Å². The minimum Gasteiger partial charge on any atom is -0.340 e. The maximum atomic E-state index is 13.9. The molecule has 1 atom stereocenters. The maximum Gasteiger partial charge on any atom is 0.252 e. The number of carbonyl (C=O) groups is 1. The van der Waals surface area contributed by atoms with Crippen molar-refractivity contribution in [3.8, 4) is 5.82 Å². The molecular formula is C28H24N6O. The van der Waals surface area contributed by atoms with Crippen LogP contribution in [0.1, 0.15) is 57.8 Å². The third-order valence-corrected chi connectivity index (χ3v) is 6.33. The molecule has 1 aromatic carbocycles. The number of nitrogens with zero attached hydrogens (tertiary/aromatic N) is 5. The van der Waals surface area contributed by atoms with E-state index in [4.69, 9.17) is 10.1 Å². The van der Waals surface area contributed by atoms with Gasteiger partial charge in [0, 0.05) is 24.0 Å². The van der Waals surface area contributed by atoms with Gasteiger partial charge in [-0.25, -0.2) is 9.97 Å². The molecule has 7 nitrogen and oxygen atoms in total. The van der Waals surface area contributed by atoms with Gasteiger partial charge in [0.2, 0.25) is 0 Å². The first-order valence-corrected chi connectivity index (χ1v) is 11.8. The van der Waals surface area contributed by atoms with Crippen LogP contribution in [0.15, 0.2) is 85.2 Å². The first-order chi connectivity index (χ1) is 17.2. The minimum atomic E-state index is -0.386. The number of hydrogen-bond donors (Lipinski definition) is 1. The number of nitrogens with one attached hydrogen (secondary N) is 1. The van der Waals surface area contributed by atoms with Crippen molar-refractivity contribution in [2.75, 3.05) is 0 Å². The van der Waals surface area contributed by atoms with Crippen LogP contribution in [0.2, 0.25) is 0 Å². The van der Waals surface area contributed by atoms with Crippen molar-refractivity contribution in [3.05, 3.63) is 113 Å². The Labute approximate surface area is 202 Å². The van der Waals surface area contributed by atoms with Gasteiger partial charge in [-0.2, -0.15) is 9.78 Å². The molecular weight excluding hydrogens is 436 g/mol. The molecule has 0 bridgehead atoms. The number of benzene rings is 1. The Hall–Kier alpha value is -4.39. The lowest BCUT2D eigenvalue weighted by atomic mass is 10.0. The second-order valence-corrected chi connectivity index (χ2v) is 8.82. The van der Waals surface area contributed by atoms with Gasteiger partial charge in [0.05, 0.1) is 28.4 Å². The van der Waals surface area contributed by atoms with Crippen LogP contribution in [-0.2, 0) is 0 Å². The Morgan fingerprint density at radius 3 is 2.40 bits per heavy atom. The summed E-state index contributed by atoms with van der Waals surface area (Å²) in [6.45, 7) is 1.91. The number of aromatic nitrogens is 5. The highest BCUT2D eigenvalue weighted by Gasteiger charge is 2.30. The molecule has 7 heteroatoms. The summed E-state index contributed by atoms with van der Waals surface area (Å²) < 4.78 is 1.74. The van der Waals surface area contributed by atoms with Crippen LogP contribution in [0.25, 0.3) is 16.9 Å². The Balaban J connectivity index is 1.47. The van der Waals surface area contributed by atoms with E-state index in [1.54, 1.807) is 17.1 Å². The maximum absolute atomic E-state index is 13.9. The van der Waals surface area contributed by atoms with E-state index >= 15 is 0 Å². The zero-order valence-electron chi connectivity index (χ0n) is 19.3. The van der Waals surface area contributed by atoms with E-state index < -0.39 is 0 Å². The van der Waals surface area contributed by atoms with Gasteiger partial charge in [0.1, 0.15) is 0 Å². The van der Waals surface area contributed by atoms with Crippen molar-refractivity contribution < 1.29 is 4.79 Å². The molecule has 1 saturated carbocycles. The third-order valence-electron chi connectivity index (χ3n) is 6.33. The summed E-state index contributed by atoms with van der Waals surface area (Å²) in [5, 5.41) is 8.70. The lowest BCUT2D eigenvalue weighted by Crippen LogP contribution is -2.30. The summed E-state index contributed by atoms with van der Waals surface area (Å²) in [6, 6.07) is 22.9. The molecule has 4 aromatic heterocycles. The quantitative estimate of drug-likeness (QED) is 0.389. The van der Waals surface area contributed by atoms with E-state index in [0.29, 0.717) is 22.9 Å². The Kier molecular flexibility index (Phi) is 5.29. The highest BCUT2D eigenvalue weighted by atomic mass is 16.1. The van der Waals surface area contributed by atoms with E-state index in [-0.39, 0.29) is 11.9 Å². The van der Waals surface area contributed by atoms with Crippen LogP contribution in [0.3, 0.4) is 0 Å². The van der Waals surface area contributed by atoms with Crippen molar-refractivity contribution in [2.45, 2.75) is 31.7 Å². The number of carbonyl (C=O) groups excluding carboxylic acids is 1. The Morgan fingerprint density at radius 1 is 0.971 bits per heavy atom.